The molecule has 1 N–H and O–H groups in total. The maximum absolute atomic E-state index is 12.6. The highest BCUT2D eigenvalue weighted by Gasteiger charge is 2.23. The molecular formula is C24H32N2O5. The normalized spacial score (nSPS) is 17.9. The van der Waals surface area contributed by atoms with E-state index >= 15 is 0 Å². The topological polar surface area (TPSA) is 81.0 Å². The van der Waals surface area contributed by atoms with Gasteiger partial charge in [0.1, 0.15) is 11.3 Å². The molecule has 1 unspecified atom stereocenters. The minimum atomic E-state index is -0.639. The Balaban J connectivity index is 1.43. The van der Waals surface area contributed by atoms with E-state index in [0.29, 0.717) is 17.9 Å². The molecule has 1 amide bonds. The molecule has 7 nitrogen and oxygen atoms in total. The summed E-state index contributed by atoms with van der Waals surface area (Å²) >= 11 is 0. The Hall–Kier alpha value is -2.38. The van der Waals surface area contributed by atoms with Gasteiger partial charge in [-0.15, -0.1) is 0 Å². The molecule has 7 heteroatoms. The number of nitrogens with zero attached hydrogens (tertiary/aromatic N) is 1. The molecule has 1 saturated heterocycles. The Morgan fingerprint density at radius 2 is 1.94 bits per heavy atom. The predicted molar refractivity (Wildman–Crippen MR) is 119 cm³/mol. The zero-order valence-corrected chi connectivity index (χ0v) is 18.5. The van der Waals surface area contributed by atoms with Crippen LogP contribution < -0.4 is 15.7 Å². The van der Waals surface area contributed by atoms with Gasteiger partial charge < -0.3 is 19.2 Å². The van der Waals surface area contributed by atoms with Gasteiger partial charge >= 0.3 is 5.63 Å². The number of amides is 1. The van der Waals surface area contributed by atoms with E-state index in [2.05, 4.69) is 10.2 Å². The van der Waals surface area contributed by atoms with Crippen LogP contribution >= 0.6 is 0 Å². The first kappa shape index (κ1) is 21.8. The Labute approximate surface area is 182 Å². The number of aryl methyl sites for hydroxylation is 2. The lowest BCUT2D eigenvalue weighted by molar-refractivity contribution is -0.127. The number of hydrogen-bond donors (Lipinski definition) is 1. The highest BCUT2D eigenvalue weighted by atomic mass is 16.5. The summed E-state index contributed by atoms with van der Waals surface area (Å²) in [5.74, 6) is 0.482. The van der Waals surface area contributed by atoms with E-state index in [1.807, 2.05) is 19.1 Å². The summed E-state index contributed by atoms with van der Waals surface area (Å²) < 4.78 is 17.1. The number of benzene rings is 1. The van der Waals surface area contributed by atoms with Crippen LogP contribution in [0.1, 0.15) is 42.9 Å². The summed E-state index contributed by atoms with van der Waals surface area (Å²) in [4.78, 5) is 27.4. The van der Waals surface area contributed by atoms with Crippen molar-refractivity contribution in [1.29, 1.82) is 0 Å². The molecule has 0 bridgehead atoms. The van der Waals surface area contributed by atoms with Gasteiger partial charge in [-0.25, -0.2) is 4.79 Å². The fraction of sp³-hybridized carbons (Fsp3) is 0.583. The number of rotatable bonds is 7. The van der Waals surface area contributed by atoms with Gasteiger partial charge in [0.25, 0.3) is 5.91 Å². The van der Waals surface area contributed by atoms with Crippen LogP contribution in [0.15, 0.2) is 21.3 Å². The molecule has 2 heterocycles. The molecule has 4 rings (SSSR count). The lowest BCUT2D eigenvalue weighted by Gasteiger charge is -2.26. The summed E-state index contributed by atoms with van der Waals surface area (Å²) in [5.41, 5.74) is 3.00. The van der Waals surface area contributed by atoms with Gasteiger partial charge in [-0.05, 0) is 75.8 Å². The average Bonchev–Trinajstić information content (AvgIpc) is 2.77. The Morgan fingerprint density at radius 3 is 2.71 bits per heavy atom. The number of carbonyl (C=O) groups is 1. The smallest absolute Gasteiger partial charge is 0.339 e. The zero-order chi connectivity index (χ0) is 21.8. The summed E-state index contributed by atoms with van der Waals surface area (Å²) in [5, 5.41) is 3.82. The van der Waals surface area contributed by atoms with E-state index in [-0.39, 0.29) is 11.5 Å². The summed E-state index contributed by atoms with van der Waals surface area (Å²) in [6.07, 6.45) is 3.86. The predicted octanol–water partition coefficient (Wildman–Crippen LogP) is 2.59. The number of hydrogen-bond acceptors (Lipinski definition) is 6. The van der Waals surface area contributed by atoms with Crippen LogP contribution in [0.4, 0.5) is 0 Å². The largest absolute Gasteiger partial charge is 0.480 e. The van der Waals surface area contributed by atoms with Crippen LogP contribution in [-0.4, -0.2) is 56.3 Å². The zero-order valence-electron chi connectivity index (χ0n) is 18.5. The van der Waals surface area contributed by atoms with Crippen molar-refractivity contribution >= 4 is 16.9 Å². The maximum Gasteiger partial charge on any atom is 0.339 e. The molecule has 0 spiro atoms. The molecule has 2 aromatic rings. The van der Waals surface area contributed by atoms with Gasteiger partial charge in [-0.3, -0.25) is 9.69 Å². The number of ether oxygens (including phenoxy) is 2. The van der Waals surface area contributed by atoms with Crippen molar-refractivity contribution in [3.63, 3.8) is 0 Å². The van der Waals surface area contributed by atoms with Gasteiger partial charge in [0, 0.05) is 25.2 Å². The Bertz CT molecular complexity index is 994. The summed E-state index contributed by atoms with van der Waals surface area (Å²) in [6.45, 7) is 8.73. The van der Waals surface area contributed by atoms with E-state index in [1.165, 1.54) is 0 Å². The highest BCUT2D eigenvalue weighted by Crippen LogP contribution is 2.35. The molecule has 31 heavy (non-hydrogen) atoms. The molecule has 1 aromatic heterocycles. The molecule has 1 atom stereocenters. The van der Waals surface area contributed by atoms with Crippen LogP contribution in [0.25, 0.3) is 11.0 Å². The second-order valence-electron chi connectivity index (χ2n) is 8.55. The van der Waals surface area contributed by atoms with Crippen molar-refractivity contribution in [1.82, 2.24) is 10.2 Å². The molecule has 1 aliphatic carbocycles. The van der Waals surface area contributed by atoms with E-state index in [4.69, 9.17) is 13.9 Å². The first-order valence-corrected chi connectivity index (χ1v) is 11.4. The monoisotopic (exact) mass is 428 g/mol. The van der Waals surface area contributed by atoms with Crippen LogP contribution in [-0.2, 0) is 22.4 Å². The van der Waals surface area contributed by atoms with Crippen molar-refractivity contribution in [3.05, 3.63) is 39.2 Å². The van der Waals surface area contributed by atoms with Gasteiger partial charge in [0.2, 0.25) is 0 Å². The quantitative estimate of drug-likeness (QED) is 0.539. The molecular weight excluding hydrogens is 396 g/mol. The van der Waals surface area contributed by atoms with E-state index in [9.17, 15) is 9.59 Å². The lowest BCUT2D eigenvalue weighted by atomic mass is 9.90. The number of carbonyl (C=O) groups excluding carboxylic acids is 1. The van der Waals surface area contributed by atoms with Gasteiger partial charge in [0.15, 0.2) is 6.10 Å². The third kappa shape index (κ3) is 5.10. The second-order valence-corrected chi connectivity index (χ2v) is 8.55. The van der Waals surface area contributed by atoms with Gasteiger partial charge in [-0.2, -0.15) is 0 Å². The van der Waals surface area contributed by atoms with E-state index < -0.39 is 6.10 Å². The van der Waals surface area contributed by atoms with E-state index in [0.717, 1.165) is 87.0 Å². The molecule has 0 radical (unpaired) electrons. The minimum Gasteiger partial charge on any atom is -0.480 e. The van der Waals surface area contributed by atoms with Crippen molar-refractivity contribution in [2.75, 3.05) is 39.4 Å². The standard InChI is InChI=1S/C24H32N2O5/c1-16-14-20(22-18-6-3-4-7-19(18)24(28)31-21(22)15-16)30-17(2)23(27)25-8-5-9-26-10-12-29-13-11-26/h14-15,17H,3-13H2,1-2H3,(H,25,27). The van der Waals surface area contributed by atoms with Crippen molar-refractivity contribution < 1.29 is 18.7 Å². The first-order chi connectivity index (χ1) is 15.0. The summed E-state index contributed by atoms with van der Waals surface area (Å²) in [6, 6.07) is 3.80. The second kappa shape index (κ2) is 9.83. The minimum absolute atomic E-state index is 0.136. The third-order valence-corrected chi connectivity index (χ3v) is 6.16. The van der Waals surface area contributed by atoms with Crippen LogP contribution in [0.3, 0.4) is 0 Å². The Kier molecular flexibility index (Phi) is 6.92. The fourth-order valence-electron chi connectivity index (χ4n) is 4.49. The third-order valence-electron chi connectivity index (χ3n) is 6.16. The fourth-order valence-corrected chi connectivity index (χ4v) is 4.49. The van der Waals surface area contributed by atoms with Crippen LogP contribution in [0.2, 0.25) is 0 Å². The van der Waals surface area contributed by atoms with Crippen LogP contribution in [0, 0.1) is 6.92 Å². The molecule has 168 valence electrons. The van der Waals surface area contributed by atoms with E-state index in [1.54, 1.807) is 6.92 Å². The SMILES string of the molecule is Cc1cc(OC(C)C(=O)NCCCN2CCOCC2)c2c3c(c(=O)oc2c1)CCCC3. The van der Waals surface area contributed by atoms with Crippen molar-refractivity contribution in [2.24, 2.45) is 0 Å². The van der Waals surface area contributed by atoms with Gasteiger partial charge in [0.05, 0.1) is 18.6 Å². The number of nitrogens with one attached hydrogen (secondary N) is 1. The van der Waals surface area contributed by atoms with Crippen LogP contribution in [0.5, 0.6) is 5.75 Å². The Morgan fingerprint density at radius 1 is 1.19 bits per heavy atom. The van der Waals surface area contributed by atoms with Crippen molar-refractivity contribution in [2.45, 2.75) is 52.1 Å². The average molecular weight is 429 g/mol. The maximum atomic E-state index is 12.6. The molecule has 1 aliphatic heterocycles. The molecule has 2 aliphatic rings. The highest BCUT2D eigenvalue weighted by molar-refractivity contribution is 5.89. The molecule has 1 fully saturated rings. The molecule has 1 aromatic carbocycles. The van der Waals surface area contributed by atoms with Crippen molar-refractivity contribution in [3.8, 4) is 5.75 Å². The summed E-state index contributed by atoms with van der Waals surface area (Å²) in [7, 11) is 0. The molecule has 0 saturated carbocycles. The van der Waals surface area contributed by atoms with Gasteiger partial charge in [-0.1, -0.05) is 0 Å². The number of morpholine rings is 1. The first-order valence-electron chi connectivity index (χ1n) is 11.4. The lowest BCUT2D eigenvalue weighted by Crippen LogP contribution is -2.40. The number of fused-ring (bicyclic) bond motifs is 3.